The zero-order chi connectivity index (χ0) is 18.2. The molecule has 6 heteroatoms. The van der Waals surface area contributed by atoms with Gasteiger partial charge in [0, 0.05) is 25.0 Å². The molecule has 1 N–H and O–H groups in total. The van der Waals surface area contributed by atoms with Crippen molar-refractivity contribution in [3.8, 4) is 0 Å². The van der Waals surface area contributed by atoms with Gasteiger partial charge in [-0.3, -0.25) is 4.79 Å². The molecule has 130 valence electrons. The number of sulfonamides is 1. The Labute approximate surface area is 147 Å². The molecule has 0 saturated carbocycles. The summed E-state index contributed by atoms with van der Waals surface area (Å²) in [7, 11) is -1.96. The second-order valence-electron chi connectivity index (χ2n) is 6.21. The van der Waals surface area contributed by atoms with Gasteiger partial charge in [-0.05, 0) is 43.2 Å². The number of rotatable bonds is 4. The molecule has 2 aromatic carbocycles. The Kier molecular flexibility index (Phi) is 4.49. The predicted molar refractivity (Wildman–Crippen MR) is 99.1 cm³/mol. The van der Waals surface area contributed by atoms with Crippen LogP contribution >= 0.6 is 0 Å². The van der Waals surface area contributed by atoms with Crippen LogP contribution < -0.4 is 10.3 Å². The normalized spacial score (nSPS) is 11.8. The van der Waals surface area contributed by atoms with Crippen LogP contribution in [0.1, 0.15) is 16.7 Å². The lowest BCUT2D eigenvalue weighted by atomic mass is 10.1. The average Bonchev–Trinajstić information content (AvgIpc) is 2.59. The van der Waals surface area contributed by atoms with Gasteiger partial charge >= 0.3 is 0 Å². The zero-order valence-electron chi connectivity index (χ0n) is 14.4. The average molecular weight is 356 g/mol. The summed E-state index contributed by atoms with van der Waals surface area (Å²) in [5, 5.41) is 0.750. The number of benzene rings is 2. The molecule has 0 spiro atoms. The van der Waals surface area contributed by atoms with Crippen molar-refractivity contribution in [3.63, 3.8) is 0 Å². The van der Waals surface area contributed by atoms with Crippen LogP contribution in [0, 0.1) is 13.8 Å². The number of hydrogen-bond donors (Lipinski definition) is 1. The van der Waals surface area contributed by atoms with Gasteiger partial charge in [0.15, 0.2) is 0 Å². The summed E-state index contributed by atoms with van der Waals surface area (Å²) >= 11 is 0. The number of fused-ring (bicyclic) bond motifs is 1. The van der Waals surface area contributed by atoms with Gasteiger partial charge in [0.25, 0.3) is 5.56 Å². The van der Waals surface area contributed by atoms with Crippen molar-refractivity contribution in [2.75, 3.05) is 0 Å². The van der Waals surface area contributed by atoms with E-state index in [0.717, 1.165) is 22.1 Å². The number of pyridine rings is 1. The number of hydrogen-bond acceptors (Lipinski definition) is 3. The minimum atomic E-state index is -3.64. The highest BCUT2D eigenvalue weighted by atomic mass is 32.2. The monoisotopic (exact) mass is 356 g/mol. The minimum Gasteiger partial charge on any atom is -0.311 e. The maximum atomic E-state index is 12.6. The molecule has 3 rings (SSSR count). The Balaban J connectivity index is 1.94. The van der Waals surface area contributed by atoms with Crippen molar-refractivity contribution in [1.29, 1.82) is 0 Å². The van der Waals surface area contributed by atoms with Crippen LogP contribution in [0.3, 0.4) is 0 Å². The SMILES string of the molecule is Cc1ccc(CNS(=O)(=O)c2ccc3c(c2)c(C)cc(=O)n3C)cc1. The van der Waals surface area contributed by atoms with Crippen LogP contribution in [0.25, 0.3) is 10.9 Å². The zero-order valence-corrected chi connectivity index (χ0v) is 15.2. The lowest BCUT2D eigenvalue weighted by Gasteiger charge is -2.11. The Morgan fingerprint density at radius 3 is 2.36 bits per heavy atom. The van der Waals surface area contributed by atoms with Crippen molar-refractivity contribution >= 4 is 20.9 Å². The summed E-state index contributed by atoms with van der Waals surface area (Å²) in [6, 6.07) is 14.0. The van der Waals surface area contributed by atoms with Gasteiger partial charge < -0.3 is 4.57 Å². The first-order valence-corrected chi connectivity index (χ1v) is 9.42. The predicted octanol–water partition coefficient (Wildman–Crippen LogP) is 2.63. The van der Waals surface area contributed by atoms with Gasteiger partial charge in [-0.15, -0.1) is 0 Å². The van der Waals surface area contributed by atoms with Gasteiger partial charge in [0.2, 0.25) is 10.0 Å². The topological polar surface area (TPSA) is 68.2 Å². The van der Waals surface area contributed by atoms with E-state index in [0.29, 0.717) is 5.52 Å². The molecule has 0 aliphatic heterocycles. The largest absolute Gasteiger partial charge is 0.311 e. The lowest BCUT2D eigenvalue weighted by molar-refractivity contribution is 0.581. The molecule has 0 radical (unpaired) electrons. The van der Waals surface area contributed by atoms with Crippen molar-refractivity contribution < 1.29 is 8.42 Å². The molecule has 0 amide bonds. The second-order valence-corrected chi connectivity index (χ2v) is 7.98. The van der Waals surface area contributed by atoms with Crippen LogP contribution in [0.15, 0.2) is 58.2 Å². The summed E-state index contributed by atoms with van der Waals surface area (Å²) in [5.74, 6) is 0. The van der Waals surface area contributed by atoms with Crippen molar-refractivity contribution in [3.05, 3.63) is 75.6 Å². The van der Waals surface area contributed by atoms with E-state index < -0.39 is 10.0 Å². The summed E-state index contributed by atoms with van der Waals surface area (Å²) in [6.45, 7) is 4.02. The third-order valence-corrected chi connectivity index (χ3v) is 5.72. The Morgan fingerprint density at radius 2 is 1.68 bits per heavy atom. The molecule has 5 nitrogen and oxygen atoms in total. The van der Waals surface area contributed by atoms with Crippen LogP contribution in [0.4, 0.5) is 0 Å². The van der Waals surface area contributed by atoms with E-state index >= 15 is 0 Å². The fourth-order valence-electron chi connectivity index (χ4n) is 2.74. The van der Waals surface area contributed by atoms with Crippen LogP contribution in [0.5, 0.6) is 0 Å². The number of aromatic nitrogens is 1. The summed E-state index contributed by atoms with van der Waals surface area (Å²) < 4.78 is 29.3. The third-order valence-electron chi connectivity index (χ3n) is 4.32. The van der Waals surface area contributed by atoms with Crippen LogP contribution in [-0.2, 0) is 23.6 Å². The molecule has 0 unspecified atom stereocenters. The Morgan fingerprint density at radius 1 is 1.00 bits per heavy atom. The molecule has 0 aliphatic rings. The second kappa shape index (κ2) is 6.46. The van der Waals surface area contributed by atoms with Gasteiger partial charge in [-0.1, -0.05) is 29.8 Å². The van der Waals surface area contributed by atoms with Gasteiger partial charge in [-0.2, -0.15) is 0 Å². The number of aryl methyl sites for hydroxylation is 3. The van der Waals surface area contributed by atoms with E-state index in [-0.39, 0.29) is 17.0 Å². The number of nitrogens with zero attached hydrogens (tertiary/aromatic N) is 1. The van der Waals surface area contributed by atoms with Crippen molar-refractivity contribution in [1.82, 2.24) is 9.29 Å². The van der Waals surface area contributed by atoms with E-state index in [9.17, 15) is 13.2 Å². The van der Waals surface area contributed by atoms with Gasteiger partial charge in [0.05, 0.1) is 10.4 Å². The van der Waals surface area contributed by atoms with E-state index in [2.05, 4.69) is 4.72 Å². The maximum Gasteiger partial charge on any atom is 0.251 e. The smallest absolute Gasteiger partial charge is 0.251 e. The molecule has 0 atom stereocenters. The van der Waals surface area contributed by atoms with Crippen LogP contribution in [-0.4, -0.2) is 13.0 Å². The molecular weight excluding hydrogens is 336 g/mol. The van der Waals surface area contributed by atoms with E-state index in [1.54, 1.807) is 26.1 Å². The molecule has 0 saturated heterocycles. The molecule has 25 heavy (non-hydrogen) atoms. The first-order valence-electron chi connectivity index (χ1n) is 7.93. The van der Waals surface area contributed by atoms with Gasteiger partial charge in [0.1, 0.15) is 0 Å². The highest BCUT2D eigenvalue weighted by Crippen LogP contribution is 2.21. The first kappa shape index (κ1) is 17.4. The highest BCUT2D eigenvalue weighted by Gasteiger charge is 2.15. The summed E-state index contributed by atoms with van der Waals surface area (Å²) in [4.78, 5) is 12.0. The standard InChI is InChI=1S/C19H20N2O3S/c1-13-4-6-15(7-5-13)12-20-25(23,24)16-8-9-18-17(11-16)14(2)10-19(22)21(18)3/h4-11,20H,12H2,1-3H3. The lowest BCUT2D eigenvalue weighted by Crippen LogP contribution is -2.23. The maximum absolute atomic E-state index is 12.6. The molecule has 0 bridgehead atoms. The highest BCUT2D eigenvalue weighted by molar-refractivity contribution is 7.89. The first-order chi connectivity index (χ1) is 11.8. The molecule has 3 aromatic rings. The Bertz CT molecular complexity index is 1100. The number of nitrogens with one attached hydrogen (secondary N) is 1. The van der Waals surface area contributed by atoms with E-state index in [1.807, 2.05) is 31.2 Å². The Hall–Kier alpha value is -2.44. The molecular formula is C19H20N2O3S. The molecule has 0 aliphatic carbocycles. The summed E-state index contributed by atoms with van der Waals surface area (Å²) in [6.07, 6.45) is 0. The van der Waals surface area contributed by atoms with Gasteiger partial charge in [-0.25, -0.2) is 13.1 Å². The quantitative estimate of drug-likeness (QED) is 0.781. The fraction of sp³-hybridized carbons (Fsp3) is 0.211. The van der Waals surface area contributed by atoms with E-state index in [4.69, 9.17) is 0 Å². The van der Waals surface area contributed by atoms with Crippen molar-refractivity contribution in [2.45, 2.75) is 25.3 Å². The fourth-order valence-corrected chi connectivity index (χ4v) is 3.78. The minimum absolute atomic E-state index is 0.113. The summed E-state index contributed by atoms with van der Waals surface area (Å²) in [5.41, 5.74) is 3.38. The molecule has 0 fully saturated rings. The molecule has 1 aromatic heterocycles. The molecule has 1 heterocycles. The van der Waals surface area contributed by atoms with Crippen LogP contribution in [0.2, 0.25) is 0 Å². The van der Waals surface area contributed by atoms with E-state index in [1.165, 1.54) is 16.7 Å². The van der Waals surface area contributed by atoms with Crippen molar-refractivity contribution in [2.24, 2.45) is 7.05 Å². The third kappa shape index (κ3) is 3.50.